The lowest BCUT2D eigenvalue weighted by molar-refractivity contribution is 0.119. The Morgan fingerprint density at radius 3 is 2.58 bits per heavy atom. The summed E-state index contributed by atoms with van der Waals surface area (Å²) in [5.41, 5.74) is 1.38. The Morgan fingerprint density at radius 1 is 1.08 bits per heavy atom. The Balaban J connectivity index is 1.46. The third kappa shape index (κ3) is 4.70. The molecular formula is C22H33NO. The van der Waals surface area contributed by atoms with E-state index in [1.807, 2.05) is 0 Å². The van der Waals surface area contributed by atoms with E-state index in [0.29, 0.717) is 6.04 Å². The van der Waals surface area contributed by atoms with Crippen LogP contribution in [0.25, 0.3) is 6.08 Å². The summed E-state index contributed by atoms with van der Waals surface area (Å²) in [6, 6.07) is 11.3. The van der Waals surface area contributed by atoms with Crippen LogP contribution >= 0.6 is 0 Å². The topological polar surface area (TPSA) is 15.5 Å². The number of nitrogens with zero attached hydrogens (tertiary/aromatic N) is 1. The summed E-state index contributed by atoms with van der Waals surface area (Å²) in [5, 5.41) is 2.39. The van der Waals surface area contributed by atoms with Crippen molar-refractivity contribution in [2.45, 2.75) is 89.3 Å². The molecule has 1 saturated heterocycles. The number of hydrogen-bond acceptors (Lipinski definition) is 2. The first-order valence-corrected chi connectivity index (χ1v) is 10.0. The van der Waals surface area contributed by atoms with E-state index in [1.165, 1.54) is 69.8 Å². The predicted molar refractivity (Wildman–Crippen MR) is 101 cm³/mol. The molecule has 0 aromatic heterocycles. The molecule has 2 atom stereocenters. The summed E-state index contributed by atoms with van der Waals surface area (Å²) < 4.78 is 0. The normalized spacial score (nSPS) is 27.6. The molecule has 132 valence electrons. The molecule has 3 rings (SSSR count). The summed E-state index contributed by atoms with van der Waals surface area (Å²) in [5.74, 6) is 0. The van der Waals surface area contributed by atoms with Gasteiger partial charge in [0.05, 0.1) is 0 Å². The van der Waals surface area contributed by atoms with Crippen molar-refractivity contribution in [3.05, 3.63) is 42.0 Å². The van der Waals surface area contributed by atoms with Crippen molar-refractivity contribution < 1.29 is 4.84 Å². The Bertz CT molecular complexity index is 506. The van der Waals surface area contributed by atoms with Crippen molar-refractivity contribution >= 4 is 6.08 Å². The zero-order chi connectivity index (χ0) is 16.7. The molecule has 0 amide bonds. The van der Waals surface area contributed by atoms with Gasteiger partial charge >= 0.3 is 0 Å². The van der Waals surface area contributed by atoms with Crippen molar-refractivity contribution in [3.8, 4) is 0 Å². The maximum absolute atomic E-state index is 6.22. The summed E-state index contributed by atoms with van der Waals surface area (Å²) in [6.45, 7) is 2.28. The summed E-state index contributed by atoms with van der Waals surface area (Å²) >= 11 is 0. The number of unbranched alkanes of at least 4 members (excludes halogenated alkanes) is 2. The largest absolute Gasteiger partial charge is 0.271 e. The monoisotopic (exact) mass is 327 g/mol. The first-order valence-electron chi connectivity index (χ1n) is 10.0. The Kier molecular flexibility index (Phi) is 6.51. The number of allylic oxidation sites excluding steroid dienone is 1. The highest BCUT2D eigenvalue weighted by Gasteiger charge is 2.56. The van der Waals surface area contributed by atoms with Gasteiger partial charge in [-0.05, 0) is 50.5 Å². The molecule has 0 N–H and O–H groups in total. The van der Waals surface area contributed by atoms with Gasteiger partial charge in [0.1, 0.15) is 0 Å². The summed E-state index contributed by atoms with van der Waals surface area (Å²) in [6.07, 6.45) is 18.7. The first-order chi connectivity index (χ1) is 11.8. The van der Waals surface area contributed by atoms with Crippen molar-refractivity contribution in [2.75, 3.05) is 0 Å². The maximum Gasteiger partial charge on any atom is 0.165 e. The zero-order valence-corrected chi connectivity index (χ0v) is 15.3. The molecule has 1 saturated carbocycles. The smallest absolute Gasteiger partial charge is 0.165 e. The zero-order valence-electron chi connectivity index (χ0n) is 15.3. The standard InChI is InChI=1S/C22H33NO/c1-2-3-18-22(23(24-22)21-16-10-5-11-17-21)19-12-6-9-15-20-13-7-4-8-14-20/h4,7-9,13-15,21H,2-3,5-6,10-12,16-19H2,1H3/b15-9+/t22-,23?/m1/s1. The van der Waals surface area contributed by atoms with Gasteiger partial charge < -0.3 is 0 Å². The molecule has 0 spiro atoms. The number of hydrogen-bond donors (Lipinski definition) is 0. The average Bonchev–Trinajstić information content (AvgIpc) is 3.36. The van der Waals surface area contributed by atoms with Gasteiger partial charge in [0, 0.05) is 6.04 Å². The van der Waals surface area contributed by atoms with E-state index in [1.54, 1.807) is 0 Å². The van der Waals surface area contributed by atoms with E-state index in [0.717, 1.165) is 6.42 Å². The number of hydroxylamine groups is 2. The molecule has 24 heavy (non-hydrogen) atoms. The Morgan fingerprint density at radius 2 is 1.83 bits per heavy atom. The minimum absolute atomic E-state index is 0.0819. The lowest BCUT2D eigenvalue weighted by Crippen LogP contribution is -2.29. The van der Waals surface area contributed by atoms with Crippen LogP contribution in [0.2, 0.25) is 0 Å². The van der Waals surface area contributed by atoms with E-state index in [2.05, 4.69) is 54.5 Å². The molecule has 1 heterocycles. The van der Waals surface area contributed by atoms with Crippen LogP contribution in [0.15, 0.2) is 36.4 Å². The fraction of sp³-hybridized carbons (Fsp3) is 0.636. The highest BCUT2D eigenvalue weighted by Crippen LogP contribution is 2.48. The van der Waals surface area contributed by atoms with Crippen molar-refractivity contribution in [1.29, 1.82) is 0 Å². The van der Waals surface area contributed by atoms with Crippen molar-refractivity contribution in [1.82, 2.24) is 5.06 Å². The van der Waals surface area contributed by atoms with Gasteiger partial charge in [0.15, 0.2) is 5.72 Å². The molecule has 2 nitrogen and oxygen atoms in total. The molecule has 1 aliphatic carbocycles. The molecular weight excluding hydrogens is 294 g/mol. The van der Waals surface area contributed by atoms with Crippen LogP contribution in [0.5, 0.6) is 0 Å². The van der Waals surface area contributed by atoms with Gasteiger partial charge in [-0.15, -0.1) is 0 Å². The molecule has 0 bridgehead atoms. The van der Waals surface area contributed by atoms with E-state index in [-0.39, 0.29) is 5.72 Å². The molecule has 1 unspecified atom stereocenters. The van der Waals surface area contributed by atoms with Gasteiger partial charge in [-0.3, -0.25) is 4.84 Å². The van der Waals surface area contributed by atoms with Crippen molar-refractivity contribution in [2.24, 2.45) is 0 Å². The van der Waals surface area contributed by atoms with Crippen LogP contribution in [-0.2, 0) is 4.84 Å². The van der Waals surface area contributed by atoms with E-state index in [4.69, 9.17) is 4.84 Å². The lowest BCUT2D eigenvalue weighted by Gasteiger charge is -2.23. The highest BCUT2D eigenvalue weighted by atomic mass is 16.9. The van der Waals surface area contributed by atoms with Crippen LogP contribution in [-0.4, -0.2) is 16.8 Å². The minimum Gasteiger partial charge on any atom is -0.271 e. The number of benzene rings is 1. The van der Waals surface area contributed by atoms with Crippen molar-refractivity contribution in [3.63, 3.8) is 0 Å². The lowest BCUT2D eigenvalue weighted by atomic mass is 9.93. The average molecular weight is 328 g/mol. The Hall–Kier alpha value is -1.12. The quantitative estimate of drug-likeness (QED) is 0.388. The van der Waals surface area contributed by atoms with E-state index in [9.17, 15) is 0 Å². The fourth-order valence-electron chi connectivity index (χ4n) is 4.05. The van der Waals surface area contributed by atoms with Crippen LogP contribution < -0.4 is 0 Å². The maximum atomic E-state index is 6.22. The summed E-state index contributed by atoms with van der Waals surface area (Å²) in [7, 11) is 0. The summed E-state index contributed by atoms with van der Waals surface area (Å²) in [4.78, 5) is 6.22. The molecule has 1 aromatic carbocycles. The number of rotatable bonds is 9. The van der Waals surface area contributed by atoms with Gasteiger partial charge in [0.25, 0.3) is 0 Å². The molecule has 2 fully saturated rings. The highest BCUT2D eigenvalue weighted by molar-refractivity contribution is 5.48. The van der Waals surface area contributed by atoms with E-state index >= 15 is 0 Å². The minimum atomic E-state index is 0.0819. The van der Waals surface area contributed by atoms with Gasteiger partial charge in [0.2, 0.25) is 0 Å². The molecule has 2 heteroatoms. The second-order valence-electron chi connectivity index (χ2n) is 7.46. The SMILES string of the molecule is CCCC[C@]1(CCC/C=C/c2ccccc2)ON1C1CCCCC1. The Labute approximate surface area is 147 Å². The first kappa shape index (κ1) is 17.7. The molecule has 1 aromatic rings. The third-order valence-electron chi connectivity index (χ3n) is 5.51. The van der Waals surface area contributed by atoms with Crippen LogP contribution in [0.1, 0.15) is 83.1 Å². The fourth-order valence-corrected chi connectivity index (χ4v) is 4.05. The predicted octanol–water partition coefficient (Wildman–Crippen LogP) is 6.34. The third-order valence-corrected chi connectivity index (χ3v) is 5.51. The molecule has 2 aliphatic rings. The van der Waals surface area contributed by atoms with Gasteiger partial charge in [-0.2, -0.15) is 5.06 Å². The molecule has 1 aliphatic heterocycles. The van der Waals surface area contributed by atoms with Crippen LogP contribution in [0.4, 0.5) is 0 Å². The van der Waals surface area contributed by atoms with Gasteiger partial charge in [-0.25, -0.2) is 0 Å². The van der Waals surface area contributed by atoms with E-state index < -0.39 is 0 Å². The van der Waals surface area contributed by atoms with Gasteiger partial charge in [-0.1, -0.05) is 75.1 Å². The van der Waals surface area contributed by atoms with Crippen LogP contribution in [0, 0.1) is 0 Å². The second-order valence-corrected chi connectivity index (χ2v) is 7.46. The van der Waals surface area contributed by atoms with Crippen LogP contribution in [0.3, 0.4) is 0 Å². The second kappa shape index (κ2) is 8.82. The molecule has 0 radical (unpaired) electrons.